The molecule has 0 saturated heterocycles. The van der Waals surface area contributed by atoms with Crippen LogP contribution < -0.4 is 0 Å². The van der Waals surface area contributed by atoms with Gasteiger partial charge in [-0.15, -0.1) is 11.6 Å². The Morgan fingerprint density at radius 3 is 3.18 bits per heavy atom. The number of rotatable bonds is 1. The molecule has 2 aromatic heterocycles. The van der Waals surface area contributed by atoms with E-state index in [2.05, 4.69) is 5.10 Å². The van der Waals surface area contributed by atoms with E-state index in [9.17, 15) is 0 Å². The van der Waals surface area contributed by atoms with E-state index in [1.54, 1.807) is 6.20 Å². The van der Waals surface area contributed by atoms with Crippen molar-refractivity contribution in [1.29, 1.82) is 0 Å². The number of hydrogen-bond acceptors (Lipinski definition) is 1. The van der Waals surface area contributed by atoms with Crippen molar-refractivity contribution in [2.75, 3.05) is 0 Å². The van der Waals surface area contributed by atoms with Gasteiger partial charge in [-0.25, -0.2) is 4.52 Å². The molecule has 0 aliphatic rings. The fourth-order valence-corrected chi connectivity index (χ4v) is 1.22. The second-order valence-electron chi connectivity index (χ2n) is 2.38. The van der Waals surface area contributed by atoms with E-state index in [4.69, 9.17) is 11.6 Å². The van der Waals surface area contributed by atoms with Gasteiger partial charge in [0.25, 0.3) is 0 Å². The predicted molar refractivity (Wildman–Crippen MR) is 44.7 cm³/mol. The molecule has 0 atom stereocenters. The molecule has 0 aliphatic carbocycles. The summed E-state index contributed by atoms with van der Waals surface area (Å²) in [6.07, 6.45) is 3.69. The SMILES string of the molecule is ClCc1cc2cccnn2c1. The van der Waals surface area contributed by atoms with Gasteiger partial charge in [0.2, 0.25) is 0 Å². The van der Waals surface area contributed by atoms with E-state index in [-0.39, 0.29) is 0 Å². The van der Waals surface area contributed by atoms with Crippen LogP contribution in [-0.2, 0) is 5.88 Å². The van der Waals surface area contributed by atoms with Crippen LogP contribution in [0.3, 0.4) is 0 Å². The monoisotopic (exact) mass is 166 g/mol. The third-order valence-electron chi connectivity index (χ3n) is 1.58. The molecule has 0 N–H and O–H groups in total. The highest BCUT2D eigenvalue weighted by Crippen LogP contribution is 2.09. The Morgan fingerprint density at radius 2 is 2.45 bits per heavy atom. The van der Waals surface area contributed by atoms with E-state index in [1.165, 1.54) is 0 Å². The average Bonchev–Trinajstić information content (AvgIpc) is 2.46. The maximum absolute atomic E-state index is 5.66. The van der Waals surface area contributed by atoms with E-state index in [1.807, 2.05) is 28.9 Å². The largest absolute Gasteiger partial charge is 0.241 e. The van der Waals surface area contributed by atoms with Crippen molar-refractivity contribution in [1.82, 2.24) is 9.61 Å². The standard InChI is InChI=1S/C8H7ClN2/c9-5-7-4-8-2-1-3-10-11(8)6-7/h1-4,6H,5H2. The highest BCUT2D eigenvalue weighted by atomic mass is 35.5. The first-order valence-electron chi connectivity index (χ1n) is 3.38. The summed E-state index contributed by atoms with van der Waals surface area (Å²) < 4.78 is 1.82. The molecule has 0 fully saturated rings. The first-order chi connectivity index (χ1) is 5.40. The second-order valence-corrected chi connectivity index (χ2v) is 2.64. The minimum absolute atomic E-state index is 0.545. The normalized spacial score (nSPS) is 10.6. The quantitative estimate of drug-likeness (QED) is 0.593. The average molecular weight is 167 g/mol. The summed E-state index contributed by atoms with van der Waals surface area (Å²) in [5, 5.41) is 4.11. The molecule has 11 heavy (non-hydrogen) atoms. The number of nitrogens with zero attached hydrogens (tertiary/aromatic N) is 2. The lowest BCUT2D eigenvalue weighted by atomic mass is 10.3. The fraction of sp³-hybridized carbons (Fsp3) is 0.125. The van der Waals surface area contributed by atoms with Gasteiger partial charge in [-0.1, -0.05) is 0 Å². The molecule has 0 bridgehead atoms. The summed E-state index contributed by atoms with van der Waals surface area (Å²) in [4.78, 5) is 0. The Bertz CT molecular complexity index is 334. The Hall–Kier alpha value is -1.02. The van der Waals surface area contributed by atoms with Gasteiger partial charge in [0.05, 0.1) is 5.52 Å². The molecule has 2 nitrogen and oxygen atoms in total. The van der Waals surface area contributed by atoms with Crippen LogP contribution >= 0.6 is 11.6 Å². The zero-order valence-electron chi connectivity index (χ0n) is 5.87. The second kappa shape index (κ2) is 2.55. The zero-order chi connectivity index (χ0) is 7.68. The van der Waals surface area contributed by atoms with Crippen LogP contribution in [0.4, 0.5) is 0 Å². The number of aromatic nitrogens is 2. The van der Waals surface area contributed by atoms with Gasteiger partial charge in [-0.05, 0) is 23.8 Å². The molecule has 0 aliphatic heterocycles. The summed E-state index contributed by atoms with van der Waals surface area (Å²) in [5.74, 6) is 0.545. The minimum Gasteiger partial charge on any atom is -0.241 e. The predicted octanol–water partition coefficient (Wildman–Crippen LogP) is 2.07. The lowest BCUT2D eigenvalue weighted by Crippen LogP contribution is -1.84. The Balaban J connectivity index is 2.69. The van der Waals surface area contributed by atoms with Crippen LogP contribution in [0.15, 0.2) is 30.6 Å². The Kier molecular flexibility index (Phi) is 1.55. The van der Waals surface area contributed by atoms with Crippen molar-refractivity contribution >= 4 is 17.1 Å². The van der Waals surface area contributed by atoms with E-state index < -0.39 is 0 Å². The van der Waals surface area contributed by atoms with E-state index in [0.717, 1.165) is 11.1 Å². The maximum atomic E-state index is 5.66. The third kappa shape index (κ3) is 1.10. The summed E-state index contributed by atoms with van der Waals surface area (Å²) in [6.45, 7) is 0. The molecule has 0 unspecified atom stereocenters. The Labute approximate surface area is 69.4 Å². The molecule has 0 saturated carbocycles. The molecule has 0 aromatic carbocycles. The van der Waals surface area contributed by atoms with Gasteiger partial charge in [0.1, 0.15) is 0 Å². The Morgan fingerprint density at radius 1 is 1.55 bits per heavy atom. The van der Waals surface area contributed by atoms with Crippen molar-refractivity contribution in [3.63, 3.8) is 0 Å². The molecule has 2 rings (SSSR count). The maximum Gasteiger partial charge on any atom is 0.0649 e. The minimum atomic E-state index is 0.545. The van der Waals surface area contributed by atoms with Crippen LogP contribution in [0.1, 0.15) is 5.56 Å². The molecule has 2 heterocycles. The molecule has 0 spiro atoms. The van der Waals surface area contributed by atoms with Gasteiger partial charge in [-0.2, -0.15) is 5.10 Å². The van der Waals surface area contributed by atoms with Gasteiger partial charge in [0, 0.05) is 18.3 Å². The molecule has 3 heteroatoms. The highest BCUT2D eigenvalue weighted by molar-refractivity contribution is 6.17. The van der Waals surface area contributed by atoms with E-state index in [0.29, 0.717) is 5.88 Å². The van der Waals surface area contributed by atoms with Gasteiger partial charge in [-0.3, -0.25) is 0 Å². The highest BCUT2D eigenvalue weighted by Gasteiger charge is 1.96. The molecular weight excluding hydrogens is 160 g/mol. The molecule has 56 valence electrons. The lowest BCUT2D eigenvalue weighted by Gasteiger charge is -1.87. The first kappa shape index (κ1) is 6.68. The molecule has 0 radical (unpaired) electrons. The van der Waals surface area contributed by atoms with Crippen LogP contribution in [0, 0.1) is 0 Å². The zero-order valence-corrected chi connectivity index (χ0v) is 6.62. The van der Waals surface area contributed by atoms with Gasteiger partial charge < -0.3 is 0 Å². The number of fused-ring (bicyclic) bond motifs is 1. The lowest BCUT2D eigenvalue weighted by molar-refractivity contribution is 0.937. The molecular formula is C8H7ClN2. The molecule has 2 aromatic rings. The number of hydrogen-bond donors (Lipinski definition) is 0. The van der Waals surface area contributed by atoms with Crippen molar-refractivity contribution < 1.29 is 0 Å². The van der Waals surface area contributed by atoms with Gasteiger partial charge >= 0.3 is 0 Å². The van der Waals surface area contributed by atoms with Crippen molar-refractivity contribution in [2.45, 2.75) is 5.88 Å². The third-order valence-corrected chi connectivity index (χ3v) is 1.89. The summed E-state index contributed by atoms with van der Waals surface area (Å²) in [7, 11) is 0. The van der Waals surface area contributed by atoms with Crippen LogP contribution in [-0.4, -0.2) is 9.61 Å². The topological polar surface area (TPSA) is 17.3 Å². The summed E-state index contributed by atoms with van der Waals surface area (Å²) in [5.41, 5.74) is 2.19. The van der Waals surface area contributed by atoms with Gasteiger partial charge in [0.15, 0.2) is 0 Å². The first-order valence-corrected chi connectivity index (χ1v) is 3.92. The number of alkyl halides is 1. The summed E-state index contributed by atoms with van der Waals surface area (Å²) in [6, 6.07) is 5.94. The fourth-order valence-electron chi connectivity index (χ4n) is 1.07. The summed E-state index contributed by atoms with van der Waals surface area (Å²) >= 11 is 5.66. The van der Waals surface area contributed by atoms with Crippen molar-refractivity contribution in [3.8, 4) is 0 Å². The van der Waals surface area contributed by atoms with Crippen LogP contribution in [0.5, 0.6) is 0 Å². The smallest absolute Gasteiger partial charge is 0.0649 e. The number of halogens is 1. The van der Waals surface area contributed by atoms with Crippen molar-refractivity contribution in [2.24, 2.45) is 0 Å². The van der Waals surface area contributed by atoms with Crippen LogP contribution in [0.2, 0.25) is 0 Å². The van der Waals surface area contributed by atoms with E-state index >= 15 is 0 Å². The molecule has 0 amide bonds. The van der Waals surface area contributed by atoms with Crippen molar-refractivity contribution in [3.05, 3.63) is 36.2 Å². The van der Waals surface area contributed by atoms with Crippen LogP contribution in [0.25, 0.3) is 5.52 Å².